The Morgan fingerprint density at radius 3 is 2.88 bits per heavy atom. The van der Waals surface area contributed by atoms with E-state index < -0.39 is 0 Å². The van der Waals surface area contributed by atoms with Crippen LogP contribution in [0.25, 0.3) is 0 Å². The number of imidazole rings is 1. The first-order chi connectivity index (χ1) is 8.22. The third kappa shape index (κ3) is 2.64. The number of rotatable bonds is 4. The Morgan fingerprint density at radius 1 is 1.41 bits per heavy atom. The summed E-state index contributed by atoms with van der Waals surface area (Å²) in [7, 11) is 0. The third-order valence-corrected chi connectivity index (χ3v) is 3.33. The van der Waals surface area contributed by atoms with E-state index in [0.717, 1.165) is 16.8 Å². The number of Topliss-reactive ketones (excluding diaryl/α,β-unsaturated/α-hetero) is 1. The van der Waals surface area contributed by atoms with Gasteiger partial charge < -0.3 is 4.57 Å². The zero-order valence-corrected chi connectivity index (χ0v) is 11.1. The average Bonchev–Trinajstić information content (AvgIpc) is 2.76. The van der Waals surface area contributed by atoms with Crippen molar-refractivity contribution >= 4 is 21.7 Å². The second kappa shape index (κ2) is 5.27. The number of hydrogen-bond donors (Lipinski definition) is 0. The van der Waals surface area contributed by atoms with Crippen LogP contribution >= 0.6 is 15.9 Å². The van der Waals surface area contributed by atoms with E-state index in [1.165, 1.54) is 0 Å². The first kappa shape index (κ1) is 12.0. The summed E-state index contributed by atoms with van der Waals surface area (Å²) in [6.07, 6.45) is 3.96. The largest absolute Gasteiger partial charge is 0.335 e. The highest BCUT2D eigenvalue weighted by Gasteiger charge is 2.12. The molecule has 0 aliphatic heterocycles. The van der Waals surface area contributed by atoms with Crippen molar-refractivity contribution in [3.05, 3.63) is 52.5 Å². The minimum Gasteiger partial charge on any atom is -0.335 e. The average molecular weight is 293 g/mol. The summed E-state index contributed by atoms with van der Waals surface area (Å²) in [6, 6.07) is 7.46. The number of hydrogen-bond acceptors (Lipinski definition) is 2. The highest BCUT2D eigenvalue weighted by atomic mass is 79.9. The van der Waals surface area contributed by atoms with Crippen molar-refractivity contribution in [3.8, 4) is 0 Å². The Morgan fingerprint density at radius 2 is 2.18 bits per heavy atom. The predicted molar refractivity (Wildman–Crippen MR) is 70.1 cm³/mol. The number of nitrogens with zero attached hydrogens (tertiary/aromatic N) is 2. The molecule has 88 valence electrons. The van der Waals surface area contributed by atoms with Gasteiger partial charge in [-0.05, 0) is 13.0 Å². The number of benzene rings is 1. The Labute approximate surface area is 109 Å². The van der Waals surface area contributed by atoms with Crippen LogP contribution in [0, 0.1) is 0 Å². The molecule has 0 atom stereocenters. The molecule has 0 saturated heterocycles. The maximum atomic E-state index is 12.1. The third-order valence-electron chi connectivity index (χ3n) is 2.64. The minimum atomic E-state index is 0.0818. The van der Waals surface area contributed by atoms with Crippen LogP contribution in [-0.4, -0.2) is 15.3 Å². The van der Waals surface area contributed by atoms with Gasteiger partial charge in [-0.25, -0.2) is 4.98 Å². The molecule has 0 N–H and O–H groups in total. The molecule has 0 aliphatic rings. The molecule has 1 aromatic carbocycles. The molecule has 0 unspecified atom stereocenters. The zero-order valence-electron chi connectivity index (χ0n) is 9.56. The van der Waals surface area contributed by atoms with Crippen molar-refractivity contribution in [1.82, 2.24) is 9.55 Å². The molecule has 0 aliphatic carbocycles. The molecule has 1 heterocycles. The predicted octanol–water partition coefficient (Wildman–Crippen LogP) is 3.09. The Kier molecular flexibility index (Phi) is 3.74. The van der Waals surface area contributed by atoms with Crippen LogP contribution in [0.1, 0.15) is 23.1 Å². The van der Waals surface area contributed by atoms with Crippen molar-refractivity contribution in [1.29, 1.82) is 0 Å². The van der Waals surface area contributed by atoms with Crippen LogP contribution in [0.5, 0.6) is 0 Å². The summed E-state index contributed by atoms with van der Waals surface area (Å²) in [5.41, 5.74) is 0.707. The lowest BCUT2D eigenvalue weighted by molar-refractivity contribution is 0.0989. The van der Waals surface area contributed by atoms with Gasteiger partial charge >= 0.3 is 0 Å². The van der Waals surface area contributed by atoms with Crippen LogP contribution in [0.15, 0.2) is 41.1 Å². The zero-order chi connectivity index (χ0) is 12.3. The second-order valence-corrected chi connectivity index (χ2v) is 4.56. The molecular formula is C13H13BrN2O. The van der Waals surface area contributed by atoms with E-state index in [0.29, 0.717) is 12.0 Å². The smallest absolute Gasteiger partial charge is 0.171 e. The molecule has 3 nitrogen and oxygen atoms in total. The number of carbonyl (C=O) groups is 1. The van der Waals surface area contributed by atoms with Crippen molar-refractivity contribution in [2.45, 2.75) is 19.9 Å². The van der Waals surface area contributed by atoms with Crippen LogP contribution in [-0.2, 0) is 13.0 Å². The molecule has 0 spiro atoms. The molecular weight excluding hydrogens is 280 g/mol. The lowest BCUT2D eigenvalue weighted by Gasteiger charge is -2.05. The molecule has 0 radical (unpaired) electrons. The topological polar surface area (TPSA) is 34.9 Å². The fourth-order valence-electron chi connectivity index (χ4n) is 1.72. The van der Waals surface area contributed by atoms with Gasteiger partial charge in [0.25, 0.3) is 0 Å². The normalized spacial score (nSPS) is 10.5. The number of aromatic nitrogens is 2. The SMILES string of the molecule is CCn1ccnc1CC(=O)c1ccccc1Br. The van der Waals surface area contributed by atoms with Crippen LogP contribution in [0.2, 0.25) is 0 Å². The summed E-state index contributed by atoms with van der Waals surface area (Å²) in [4.78, 5) is 16.3. The summed E-state index contributed by atoms with van der Waals surface area (Å²) in [5.74, 6) is 0.895. The molecule has 17 heavy (non-hydrogen) atoms. The van der Waals surface area contributed by atoms with E-state index in [4.69, 9.17) is 0 Å². The summed E-state index contributed by atoms with van der Waals surface area (Å²) in [6.45, 7) is 2.87. The summed E-state index contributed by atoms with van der Waals surface area (Å²) >= 11 is 3.39. The van der Waals surface area contributed by atoms with Gasteiger partial charge in [0, 0.05) is 29.0 Å². The van der Waals surface area contributed by atoms with Crippen LogP contribution in [0.4, 0.5) is 0 Å². The Bertz CT molecular complexity index is 534. The molecule has 0 fully saturated rings. The highest BCUT2D eigenvalue weighted by molar-refractivity contribution is 9.10. The van der Waals surface area contributed by atoms with E-state index in [2.05, 4.69) is 20.9 Å². The summed E-state index contributed by atoms with van der Waals surface area (Å²) < 4.78 is 2.81. The Hall–Kier alpha value is -1.42. The van der Waals surface area contributed by atoms with Gasteiger partial charge in [0.2, 0.25) is 0 Å². The van der Waals surface area contributed by atoms with Gasteiger partial charge in [0.15, 0.2) is 5.78 Å². The van der Waals surface area contributed by atoms with Crippen molar-refractivity contribution in [2.75, 3.05) is 0 Å². The van der Waals surface area contributed by atoms with Crippen molar-refractivity contribution in [2.24, 2.45) is 0 Å². The van der Waals surface area contributed by atoms with Crippen molar-refractivity contribution in [3.63, 3.8) is 0 Å². The maximum Gasteiger partial charge on any atom is 0.171 e. The number of halogens is 1. The van der Waals surface area contributed by atoms with Gasteiger partial charge in [-0.3, -0.25) is 4.79 Å². The van der Waals surface area contributed by atoms with Gasteiger partial charge in [0.05, 0.1) is 6.42 Å². The molecule has 1 aromatic heterocycles. The van der Waals surface area contributed by atoms with E-state index in [1.54, 1.807) is 6.20 Å². The van der Waals surface area contributed by atoms with E-state index in [-0.39, 0.29) is 5.78 Å². The number of ketones is 1. The van der Waals surface area contributed by atoms with Gasteiger partial charge in [-0.15, -0.1) is 0 Å². The van der Waals surface area contributed by atoms with E-state index in [1.807, 2.05) is 42.0 Å². The Balaban J connectivity index is 2.20. The fourth-order valence-corrected chi connectivity index (χ4v) is 2.23. The van der Waals surface area contributed by atoms with Crippen molar-refractivity contribution < 1.29 is 4.79 Å². The van der Waals surface area contributed by atoms with Crippen LogP contribution in [0.3, 0.4) is 0 Å². The first-order valence-electron chi connectivity index (χ1n) is 5.50. The fraction of sp³-hybridized carbons (Fsp3) is 0.231. The highest BCUT2D eigenvalue weighted by Crippen LogP contribution is 2.17. The van der Waals surface area contributed by atoms with Gasteiger partial charge in [-0.2, -0.15) is 0 Å². The minimum absolute atomic E-state index is 0.0818. The standard InChI is InChI=1S/C13H13BrN2O/c1-2-16-8-7-15-13(16)9-12(17)10-5-3-4-6-11(10)14/h3-8H,2,9H2,1H3. The number of carbonyl (C=O) groups excluding carboxylic acids is 1. The summed E-state index contributed by atoms with van der Waals surface area (Å²) in [5, 5.41) is 0. The molecule has 2 rings (SSSR count). The quantitative estimate of drug-likeness (QED) is 0.812. The molecule has 2 aromatic rings. The second-order valence-electron chi connectivity index (χ2n) is 3.71. The van der Waals surface area contributed by atoms with E-state index >= 15 is 0 Å². The van der Waals surface area contributed by atoms with E-state index in [9.17, 15) is 4.79 Å². The molecule has 4 heteroatoms. The van der Waals surface area contributed by atoms with Gasteiger partial charge in [0.1, 0.15) is 5.82 Å². The lowest BCUT2D eigenvalue weighted by Crippen LogP contribution is -2.10. The number of aryl methyl sites for hydroxylation is 1. The van der Waals surface area contributed by atoms with Gasteiger partial charge in [-0.1, -0.05) is 34.1 Å². The molecule has 0 bridgehead atoms. The monoisotopic (exact) mass is 292 g/mol. The first-order valence-corrected chi connectivity index (χ1v) is 6.29. The molecule has 0 amide bonds. The van der Waals surface area contributed by atoms with Crippen LogP contribution < -0.4 is 0 Å². The molecule has 0 saturated carbocycles. The lowest BCUT2D eigenvalue weighted by atomic mass is 10.1. The maximum absolute atomic E-state index is 12.1.